The van der Waals surface area contributed by atoms with Gasteiger partial charge in [0.2, 0.25) is 5.95 Å². The lowest BCUT2D eigenvalue weighted by Gasteiger charge is -2.20. The highest BCUT2D eigenvalue weighted by molar-refractivity contribution is 6.31. The van der Waals surface area contributed by atoms with Crippen LogP contribution in [0.15, 0.2) is 0 Å². The monoisotopic (exact) mass is 267 g/mol. The molecule has 1 aromatic heterocycles. The standard InChI is InChI=1S/C12H18ClN5/c1-5-18(6-2)12-16-10(13)9(7-14)11(17-12)15-8(3)4/h8H,5-6H2,1-4H3,(H,15,16,17). The molecule has 6 heteroatoms. The van der Waals surface area contributed by atoms with Gasteiger partial charge in [-0.25, -0.2) is 0 Å². The van der Waals surface area contributed by atoms with Gasteiger partial charge in [0.25, 0.3) is 0 Å². The quantitative estimate of drug-likeness (QED) is 0.831. The smallest absolute Gasteiger partial charge is 0.228 e. The molecule has 0 aliphatic heterocycles. The molecule has 0 bridgehead atoms. The van der Waals surface area contributed by atoms with Gasteiger partial charge in [0.15, 0.2) is 11.0 Å². The maximum absolute atomic E-state index is 9.09. The van der Waals surface area contributed by atoms with Crippen LogP contribution in [0.1, 0.15) is 33.3 Å². The number of nitrogens with one attached hydrogen (secondary N) is 1. The minimum Gasteiger partial charge on any atom is -0.367 e. The highest BCUT2D eigenvalue weighted by Gasteiger charge is 2.16. The van der Waals surface area contributed by atoms with Crippen LogP contribution in [0.5, 0.6) is 0 Å². The number of hydrogen-bond acceptors (Lipinski definition) is 5. The average Bonchev–Trinajstić information content (AvgIpc) is 2.29. The van der Waals surface area contributed by atoms with Gasteiger partial charge < -0.3 is 10.2 Å². The van der Waals surface area contributed by atoms with Crippen molar-refractivity contribution in [2.75, 3.05) is 23.3 Å². The zero-order chi connectivity index (χ0) is 13.7. The minimum atomic E-state index is 0.174. The molecule has 0 aromatic carbocycles. The number of nitrogens with zero attached hydrogens (tertiary/aromatic N) is 4. The molecule has 1 rings (SSSR count). The van der Waals surface area contributed by atoms with Crippen molar-refractivity contribution in [1.82, 2.24) is 9.97 Å². The topological polar surface area (TPSA) is 64.8 Å². The minimum absolute atomic E-state index is 0.174. The SMILES string of the molecule is CCN(CC)c1nc(Cl)c(C#N)c(NC(C)C)n1. The zero-order valence-corrected chi connectivity index (χ0v) is 11.9. The maximum atomic E-state index is 9.09. The fraction of sp³-hybridized carbons (Fsp3) is 0.583. The molecule has 1 aromatic rings. The third kappa shape index (κ3) is 3.23. The van der Waals surface area contributed by atoms with E-state index < -0.39 is 0 Å². The number of anilines is 2. The Morgan fingerprint density at radius 3 is 2.39 bits per heavy atom. The van der Waals surface area contributed by atoms with E-state index in [9.17, 15) is 0 Å². The summed E-state index contributed by atoms with van der Waals surface area (Å²) in [6.45, 7) is 9.59. The number of aromatic nitrogens is 2. The molecular formula is C12H18ClN5. The number of halogens is 1. The van der Waals surface area contributed by atoms with Crippen molar-refractivity contribution in [2.24, 2.45) is 0 Å². The molecule has 0 aliphatic carbocycles. The van der Waals surface area contributed by atoms with Crippen molar-refractivity contribution < 1.29 is 0 Å². The molecule has 0 fully saturated rings. The van der Waals surface area contributed by atoms with Crippen LogP contribution in [0, 0.1) is 11.3 Å². The van der Waals surface area contributed by atoms with Gasteiger partial charge in [-0.1, -0.05) is 11.6 Å². The summed E-state index contributed by atoms with van der Waals surface area (Å²) in [4.78, 5) is 10.5. The van der Waals surface area contributed by atoms with Crippen molar-refractivity contribution in [1.29, 1.82) is 5.26 Å². The van der Waals surface area contributed by atoms with E-state index in [2.05, 4.69) is 15.3 Å². The van der Waals surface area contributed by atoms with Gasteiger partial charge in [-0.15, -0.1) is 0 Å². The maximum Gasteiger partial charge on any atom is 0.228 e. The van der Waals surface area contributed by atoms with E-state index >= 15 is 0 Å². The summed E-state index contributed by atoms with van der Waals surface area (Å²) >= 11 is 6.04. The van der Waals surface area contributed by atoms with Crippen LogP contribution >= 0.6 is 11.6 Å². The van der Waals surface area contributed by atoms with Crippen LogP contribution in [0.2, 0.25) is 5.15 Å². The molecule has 0 unspecified atom stereocenters. The molecule has 0 saturated carbocycles. The summed E-state index contributed by atoms with van der Waals surface area (Å²) < 4.78 is 0. The Labute approximate surface area is 113 Å². The van der Waals surface area contributed by atoms with Crippen LogP contribution in [0.25, 0.3) is 0 Å². The molecule has 0 spiro atoms. The highest BCUT2D eigenvalue weighted by Crippen LogP contribution is 2.24. The Morgan fingerprint density at radius 2 is 1.94 bits per heavy atom. The molecule has 5 nitrogen and oxygen atoms in total. The number of hydrogen-bond donors (Lipinski definition) is 1. The third-order valence-corrected chi connectivity index (χ3v) is 2.71. The first kappa shape index (κ1) is 14.5. The first-order chi connectivity index (χ1) is 8.53. The highest BCUT2D eigenvalue weighted by atomic mass is 35.5. The molecule has 0 saturated heterocycles. The lowest BCUT2D eigenvalue weighted by Crippen LogP contribution is -2.25. The van der Waals surface area contributed by atoms with Crippen molar-refractivity contribution >= 4 is 23.4 Å². The van der Waals surface area contributed by atoms with E-state index in [0.29, 0.717) is 17.3 Å². The summed E-state index contributed by atoms with van der Waals surface area (Å²) in [7, 11) is 0. The van der Waals surface area contributed by atoms with Gasteiger partial charge in [-0.3, -0.25) is 0 Å². The summed E-state index contributed by atoms with van der Waals surface area (Å²) in [6.07, 6.45) is 0. The second-order valence-electron chi connectivity index (χ2n) is 4.12. The summed E-state index contributed by atoms with van der Waals surface area (Å²) in [5.41, 5.74) is 0.293. The van der Waals surface area contributed by atoms with Gasteiger partial charge >= 0.3 is 0 Å². The van der Waals surface area contributed by atoms with Gasteiger partial charge in [0.05, 0.1) is 0 Å². The number of rotatable bonds is 5. The number of nitriles is 1. The molecule has 98 valence electrons. The largest absolute Gasteiger partial charge is 0.367 e. The zero-order valence-electron chi connectivity index (χ0n) is 11.2. The van der Waals surface area contributed by atoms with E-state index in [1.165, 1.54) is 0 Å². The molecule has 0 radical (unpaired) electrons. The predicted octanol–water partition coefficient (Wildman–Crippen LogP) is 2.67. The molecule has 0 amide bonds. The summed E-state index contributed by atoms with van der Waals surface area (Å²) in [6, 6.07) is 2.21. The fourth-order valence-corrected chi connectivity index (χ4v) is 1.75. The summed E-state index contributed by atoms with van der Waals surface area (Å²) in [5.74, 6) is 1.04. The van der Waals surface area contributed by atoms with E-state index in [1.807, 2.05) is 38.7 Å². The molecule has 18 heavy (non-hydrogen) atoms. The molecule has 1 N–H and O–H groups in total. The van der Waals surface area contributed by atoms with Gasteiger partial charge in [-0.05, 0) is 27.7 Å². The Balaban J connectivity index is 3.25. The van der Waals surface area contributed by atoms with Crippen LogP contribution in [0.3, 0.4) is 0 Å². The Hall–Kier alpha value is -1.54. The predicted molar refractivity (Wildman–Crippen MR) is 74.1 cm³/mol. The van der Waals surface area contributed by atoms with E-state index in [0.717, 1.165) is 13.1 Å². The van der Waals surface area contributed by atoms with Crippen LogP contribution in [-0.2, 0) is 0 Å². The lowest BCUT2D eigenvalue weighted by atomic mass is 10.3. The molecule has 1 heterocycles. The van der Waals surface area contributed by atoms with E-state index in [4.69, 9.17) is 16.9 Å². The Bertz CT molecular complexity index is 449. The Kier molecular flexibility index (Phi) is 5.17. The first-order valence-electron chi connectivity index (χ1n) is 6.02. The fourth-order valence-electron chi connectivity index (χ4n) is 1.55. The first-order valence-corrected chi connectivity index (χ1v) is 6.40. The van der Waals surface area contributed by atoms with Gasteiger partial charge in [0, 0.05) is 19.1 Å². The molecular weight excluding hydrogens is 250 g/mol. The van der Waals surface area contributed by atoms with Gasteiger partial charge in [-0.2, -0.15) is 15.2 Å². The second kappa shape index (κ2) is 6.41. The van der Waals surface area contributed by atoms with E-state index in [-0.39, 0.29) is 11.2 Å². The molecule has 0 atom stereocenters. The van der Waals surface area contributed by atoms with E-state index in [1.54, 1.807) is 0 Å². The molecule has 0 aliphatic rings. The summed E-state index contributed by atoms with van der Waals surface area (Å²) in [5, 5.41) is 12.4. The lowest BCUT2D eigenvalue weighted by molar-refractivity contribution is 0.814. The second-order valence-corrected chi connectivity index (χ2v) is 4.48. The van der Waals surface area contributed by atoms with Crippen molar-refractivity contribution in [2.45, 2.75) is 33.7 Å². The van der Waals surface area contributed by atoms with Crippen molar-refractivity contribution in [3.63, 3.8) is 0 Å². The Morgan fingerprint density at radius 1 is 1.33 bits per heavy atom. The average molecular weight is 268 g/mol. The van der Waals surface area contributed by atoms with Crippen molar-refractivity contribution in [3.8, 4) is 6.07 Å². The third-order valence-electron chi connectivity index (χ3n) is 2.44. The van der Waals surface area contributed by atoms with Crippen LogP contribution in [-0.4, -0.2) is 29.1 Å². The van der Waals surface area contributed by atoms with Gasteiger partial charge in [0.1, 0.15) is 11.6 Å². The van der Waals surface area contributed by atoms with Crippen LogP contribution < -0.4 is 10.2 Å². The normalized spacial score (nSPS) is 10.3. The van der Waals surface area contributed by atoms with Crippen LogP contribution in [0.4, 0.5) is 11.8 Å². The van der Waals surface area contributed by atoms with Crippen molar-refractivity contribution in [3.05, 3.63) is 10.7 Å².